The lowest BCUT2D eigenvalue weighted by molar-refractivity contribution is 0.561. The van der Waals surface area contributed by atoms with Crippen LogP contribution in [0.4, 0.5) is 0 Å². The maximum atomic E-state index is 4.41. The van der Waals surface area contributed by atoms with Gasteiger partial charge in [0.15, 0.2) is 0 Å². The Hall–Kier alpha value is -1.61. The molecular formula is C16H23N3. The molecule has 1 aromatic carbocycles. The van der Waals surface area contributed by atoms with Crippen molar-refractivity contribution in [3.8, 4) is 0 Å². The van der Waals surface area contributed by atoms with E-state index in [0.29, 0.717) is 6.04 Å². The Labute approximate surface area is 115 Å². The maximum absolute atomic E-state index is 4.41. The molecule has 0 spiro atoms. The van der Waals surface area contributed by atoms with Crippen LogP contribution in [0.1, 0.15) is 35.5 Å². The predicted molar refractivity (Wildman–Crippen MR) is 79.3 cm³/mol. The van der Waals surface area contributed by atoms with Gasteiger partial charge in [0.1, 0.15) is 0 Å². The van der Waals surface area contributed by atoms with Gasteiger partial charge in [0, 0.05) is 25.2 Å². The third-order valence-electron chi connectivity index (χ3n) is 3.65. The van der Waals surface area contributed by atoms with Gasteiger partial charge in [-0.25, -0.2) is 0 Å². The SMILES string of the molecule is CCc1ccc(C(Cc2cc(C)nn2C)NC)cc1. The second-order valence-corrected chi connectivity index (χ2v) is 5.04. The second-order valence-electron chi connectivity index (χ2n) is 5.04. The van der Waals surface area contributed by atoms with Crippen LogP contribution in [-0.2, 0) is 19.9 Å². The highest BCUT2D eigenvalue weighted by Crippen LogP contribution is 2.19. The highest BCUT2D eigenvalue weighted by molar-refractivity contribution is 5.26. The van der Waals surface area contributed by atoms with E-state index in [1.54, 1.807) is 0 Å². The van der Waals surface area contributed by atoms with Gasteiger partial charge in [-0.15, -0.1) is 0 Å². The Morgan fingerprint density at radius 2 is 1.95 bits per heavy atom. The number of nitrogens with one attached hydrogen (secondary N) is 1. The Kier molecular flexibility index (Phi) is 4.38. The van der Waals surface area contributed by atoms with Gasteiger partial charge in [-0.1, -0.05) is 31.2 Å². The molecule has 0 amide bonds. The molecule has 19 heavy (non-hydrogen) atoms. The quantitative estimate of drug-likeness (QED) is 0.892. The molecule has 1 N–H and O–H groups in total. The normalized spacial score (nSPS) is 12.6. The minimum absolute atomic E-state index is 0.334. The fraction of sp³-hybridized carbons (Fsp3) is 0.438. The zero-order valence-electron chi connectivity index (χ0n) is 12.3. The summed E-state index contributed by atoms with van der Waals surface area (Å²) in [6.07, 6.45) is 2.05. The molecule has 3 nitrogen and oxygen atoms in total. The van der Waals surface area contributed by atoms with Crippen LogP contribution in [0, 0.1) is 6.92 Å². The topological polar surface area (TPSA) is 29.9 Å². The highest BCUT2D eigenvalue weighted by Gasteiger charge is 2.12. The first kappa shape index (κ1) is 13.8. The first-order valence-electron chi connectivity index (χ1n) is 6.89. The lowest BCUT2D eigenvalue weighted by atomic mass is 10.00. The van der Waals surface area contributed by atoms with Crippen molar-refractivity contribution in [1.82, 2.24) is 15.1 Å². The summed E-state index contributed by atoms with van der Waals surface area (Å²) in [4.78, 5) is 0. The molecule has 0 saturated heterocycles. The summed E-state index contributed by atoms with van der Waals surface area (Å²) in [5, 5.41) is 7.81. The van der Waals surface area contributed by atoms with Crippen LogP contribution in [-0.4, -0.2) is 16.8 Å². The van der Waals surface area contributed by atoms with Crippen LogP contribution in [0.5, 0.6) is 0 Å². The lowest BCUT2D eigenvalue weighted by Crippen LogP contribution is -2.20. The molecule has 1 aromatic heterocycles. The van der Waals surface area contributed by atoms with Crippen molar-refractivity contribution >= 4 is 0 Å². The maximum Gasteiger partial charge on any atom is 0.0596 e. The predicted octanol–water partition coefficient (Wildman–Crippen LogP) is 2.79. The molecule has 102 valence electrons. The third-order valence-corrected chi connectivity index (χ3v) is 3.65. The molecule has 1 heterocycles. The zero-order valence-corrected chi connectivity index (χ0v) is 12.3. The van der Waals surface area contributed by atoms with Crippen LogP contribution < -0.4 is 5.32 Å². The van der Waals surface area contributed by atoms with Crippen LogP contribution in [0.2, 0.25) is 0 Å². The van der Waals surface area contributed by atoms with Crippen LogP contribution in [0.3, 0.4) is 0 Å². The van der Waals surface area contributed by atoms with E-state index in [9.17, 15) is 0 Å². The fourth-order valence-electron chi connectivity index (χ4n) is 2.44. The Morgan fingerprint density at radius 3 is 2.42 bits per heavy atom. The number of aromatic nitrogens is 2. The standard InChI is InChI=1S/C16H23N3/c1-5-13-6-8-14(9-7-13)16(17-3)11-15-10-12(2)18-19(15)4/h6-10,16-17H,5,11H2,1-4H3. The molecule has 0 aliphatic heterocycles. The summed E-state index contributed by atoms with van der Waals surface area (Å²) in [7, 11) is 4.02. The van der Waals surface area contributed by atoms with Gasteiger partial charge in [-0.2, -0.15) is 5.10 Å². The average Bonchev–Trinajstić information content (AvgIpc) is 2.74. The summed E-state index contributed by atoms with van der Waals surface area (Å²) in [6.45, 7) is 4.22. The molecule has 2 aromatic rings. The summed E-state index contributed by atoms with van der Waals surface area (Å²) >= 11 is 0. The first-order chi connectivity index (χ1) is 9.13. The molecular weight excluding hydrogens is 234 g/mol. The number of likely N-dealkylation sites (N-methyl/N-ethyl adjacent to an activating group) is 1. The van der Waals surface area contributed by atoms with Crippen molar-refractivity contribution < 1.29 is 0 Å². The monoisotopic (exact) mass is 257 g/mol. The van der Waals surface area contributed by atoms with E-state index in [-0.39, 0.29) is 0 Å². The molecule has 0 aliphatic rings. The molecule has 0 fully saturated rings. The largest absolute Gasteiger partial charge is 0.313 e. The number of hydrogen-bond acceptors (Lipinski definition) is 2. The van der Waals surface area contributed by atoms with E-state index in [2.05, 4.69) is 47.7 Å². The van der Waals surface area contributed by atoms with Gasteiger partial charge in [-0.3, -0.25) is 4.68 Å². The molecule has 0 aliphatic carbocycles. The molecule has 1 atom stereocenters. The van der Waals surface area contributed by atoms with Crippen molar-refractivity contribution in [3.05, 3.63) is 52.8 Å². The molecule has 1 unspecified atom stereocenters. The van der Waals surface area contributed by atoms with Gasteiger partial charge in [0.05, 0.1) is 5.69 Å². The number of rotatable bonds is 5. The smallest absolute Gasteiger partial charge is 0.0596 e. The number of benzene rings is 1. The van der Waals surface area contributed by atoms with Crippen molar-refractivity contribution in [2.45, 2.75) is 32.7 Å². The van der Waals surface area contributed by atoms with E-state index in [1.807, 2.05) is 25.7 Å². The highest BCUT2D eigenvalue weighted by atomic mass is 15.3. The number of nitrogens with zero attached hydrogens (tertiary/aromatic N) is 2. The Balaban J connectivity index is 2.17. The summed E-state index contributed by atoms with van der Waals surface area (Å²) in [5.41, 5.74) is 5.05. The minimum Gasteiger partial charge on any atom is -0.313 e. The summed E-state index contributed by atoms with van der Waals surface area (Å²) in [6, 6.07) is 11.4. The lowest BCUT2D eigenvalue weighted by Gasteiger charge is -2.17. The van der Waals surface area contributed by atoms with Gasteiger partial charge in [-0.05, 0) is 37.6 Å². The summed E-state index contributed by atoms with van der Waals surface area (Å²) < 4.78 is 1.97. The molecule has 2 rings (SSSR count). The molecule has 0 bridgehead atoms. The average molecular weight is 257 g/mol. The minimum atomic E-state index is 0.334. The Morgan fingerprint density at radius 1 is 1.26 bits per heavy atom. The molecule has 3 heteroatoms. The van der Waals surface area contributed by atoms with Crippen molar-refractivity contribution in [1.29, 1.82) is 0 Å². The van der Waals surface area contributed by atoms with Gasteiger partial charge >= 0.3 is 0 Å². The second kappa shape index (κ2) is 6.02. The Bertz CT molecular complexity index is 525. The van der Waals surface area contributed by atoms with Crippen molar-refractivity contribution in [3.63, 3.8) is 0 Å². The first-order valence-corrected chi connectivity index (χ1v) is 6.89. The van der Waals surface area contributed by atoms with E-state index in [4.69, 9.17) is 0 Å². The van der Waals surface area contributed by atoms with Gasteiger partial charge < -0.3 is 5.32 Å². The van der Waals surface area contributed by atoms with Crippen molar-refractivity contribution in [2.75, 3.05) is 7.05 Å². The van der Waals surface area contributed by atoms with E-state index in [1.165, 1.54) is 16.8 Å². The summed E-state index contributed by atoms with van der Waals surface area (Å²) in [5.74, 6) is 0. The van der Waals surface area contributed by atoms with E-state index >= 15 is 0 Å². The van der Waals surface area contributed by atoms with Gasteiger partial charge in [0.2, 0.25) is 0 Å². The van der Waals surface area contributed by atoms with Crippen LogP contribution in [0.15, 0.2) is 30.3 Å². The molecule has 0 radical (unpaired) electrons. The molecule has 0 saturated carbocycles. The number of hydrogen-bond donors (Lipinski definition) is 1. The van der Waals surface area contributed by atoms with Crippen LogP contribution >= 0.6 is 0 Å². The van der Waals surface area contributed by atoms with Crippen LogP contribution in [0.25, 0.3) is 0 Å². The number of aryl methyl sites for hydroxylation is 3. The van der Waals surface area contributed by atoms with Gasteiger partial charge in [0.25, 0.3) is 0 Å². The zero-order chi connectivity index (χ0) is 13.8. The van der Waals surface area contributed by atoms with Crippen molar-refractivity contribution in [2.24, 2.45) is 7.05 Å². The van der Waals surface area contributed by atoms with E-state index < -0.39 is 0 Å². The third kappa shape index (κ3) is 3.24. The fourth-order valence-corrected chi connectivity index (χ4v) is 2.44. The van der Waals surface area contributed by atoms with E-state index in [0.717, 1.165) is 18.5 Å².